The molecule has 3 amide bonds. The van der Waals surface area contributed by atoms with Crippen LogP contribution in [0.2, 0.25) is 4.34 Å². The first-order valence-electron chi connectivity index (χ1n) is 11.9. The summed E-state index contributed by atoms with van der Waals surface area (Å²) in [7, 11) is -3.87. The quantitative estimate of drug-likeness (QED) is 0.479. The van der Waals surface area contributed by atoms with Crippen molar-refractivity contribution in [2.75, 3.05) is 26.2 Å². The third-order valence-corrected chi connectivity index (χ3v) is 8.61. The number of hydrogen-bond acceptors (Lipinski definition) is 7. The van der Waals surface area contributed by atoms with E-state index in [1.807, 2.05) is 0 Å². The van der Waals surface area contributed by atoms with Gasteiger partial charge < -0.3 is 15.1 Å². The molecule has 2 aliphatic heterocycles. The van der Waals surface area contributed by atoms with Crippen LogP contribution in [0.25, 0.3) is 6.08 Å². The number of aromatic nitrogens is 1. The van der Waals surface area contributed by atoms with Crippen molar-refractivity contribution in [2.45, 2.75) is 37.8 Å². The summed E-state index contributed by atoms with van der Waals surface area (Å²) in [4.78, 5) is 46.1. The van der Waals surface area contributed by atoms with Crippen LogP contribution >= 0.6 is 22.9 Å². The molecule has 0 radical (unpaired) electrons. The van der Waals surface area contributed by atoms with Crippen LogP contribution < -0.4 is 10.0 Å². The Morgan fingerprint density at radius 2 is 1.89 bits per heavy atom. The van der Waals surface area contributed by atoms with Gasteiger partial charge in [0.2, 0.25) is 21.8 Å². The number of halogens is 1. The Hall–Kier alpha value is -2.80. The van der Waals surface area contributed by atoms with Crippen LogP contribution in [0.3, 0.4) is 0 Å². The number of likely N-dealkylation sites (tertiary alicyclic amines) is 2. The van der Waals surface area contributed by atoms with E-state index in [4.69, 9.17) is 11.6 Å². The van der Waals surface area contributed by atoms with E-state index in [1.165, 1.54) is 22.3 Å². The molecule has 4 heterocycles. The normalized spacial score (nSPS) is 20.5. The summed E-state index contributed by atoms with van der Waals surface area (Å²) in [6, 6.07) is 5.51. The molecule has 13 heteroatoms. The van der Waals surface area contributed by atoms with Gasteiger partial charge in [-0.3, -0.25) is 19.4 Å². The van der Waals surface area contributed by atoms with Gasteiger partial charge in [-0.15, -0.1) is 11.3 Å². The smallest absolute Gasteiger partial charge is 0.251 e. The second-order valence-electron chi connectivity index (χ2n) is 8.89. The van der Waals surface area contributed by atoms with Crippen LogP contribution in [0.15, 0.2) is 42.1 Å². The molecule has 0 aliphatic carbocycles. The average molecular weight is 566 g/mol. The summed E-state index contributed by atoms with van der Waals surface area (Å²) in [5.41, 5.74) is 0.493. The minimum Gasteiger partial charge on any atom is -0.350 e. The summed E-state index contributed by atoms with van der Waals surface area (Å²) >= 11 is 7.11. The lowest BCUT2D eigenvalue weighted by molar-refractivity contribution is -0.143. The van der Waals surface area contributed by atoms with Crippen molar-refractivity contribution >= 4 is 56.8 Å². The highest BCUT2D eigenvalue weighted by molar-refractivity contribution is 7.92. The van der Waals surface area contributed by atoms with Gasteiger partial charge in [-0.2, -0.15) is 4.72 Å². The van der Waals surface area contributed by atoms with Crippen molar-refractivity contribution in [1.29, 1.82) is 0 Å². The maximum absolute atomic E-state index is 13.1. The molecule has 4 rings (SSSR count). The number of carbonyl (C=O) groups is 3. The molecule has 198 valence electrons. The molecule has 2 atom stereocenters. The second kappa shape index (κ2) is 12.2. The number of carbonyl (C=O) groups excluding carboxylic acids is 3. The number of rotatable bonds is 9. The summed E-state index contributed by atoms with van der Waals surface area (Å²) in [5, 5.41) is 3.88. The molecular formula is C24H28ClN5O5S2. The van der Waals surface area contributed by atoms with E-state index >= 15 is 0 Å². The Kier molecular flexibility index (Phi) is 8.95. The topological polar surface area (TPSA) is 129 Å². The van der Waals surface area contributed by atoms with Crippen LogP contribution in [-0.2, 0) is 19.6 Å². The van der Waals surface area contributed by atoms with Crippen LogP contribution in [0, 0.1) is 0 Å². The fraction of sp³-hybridized carbons (Fsp3) is 0.417. The molecule has 0 saturated carbocycles. The lowest BCUT2D eigenvalue weighted by Crippen LogP contribution is -2.55. The van der Waals surface area contributed by atoms with Gasteiger partial charge in [0.05, 0.1) is 10.9 Å². The van der Waals surface area contributed by atoms with Gasteiger partial charge in [-0.05, 0) is 56.0 Å². The molecule has 2 unspecified atom stereocenters. The molecule has 0 bridgehead atoms. The van der Waals surface area contributed by atoms with Crippen LogP contribution in [0.1, 0.15) is 40.9 Å². The lowest BCUT2D eigenvalue weighted by atomic mass is 10.1. The summed E-state index contributed by atoms with van der Waals surface area (Å²) in [6.07, 6.45) is 6.99. The zero-order chi connectivity index (χ0) is 26.4. The summed E-state index contributed by atoms with van der Waals surface area (Å²) in [6.45, 7) is 1.11. The number of nitrogens with one attached hydrogen (secondary N) is 2. The molecule has 0 spiro atoms. The number of nitrogens with zero attached hydrogens (tertiary/aromatic N) is 3. The van der Waals surface area contributed by atoms with Crippen LogP contribution in [0.5, 0.6) is 0 Å². The van der Waals surface area contributed by atoms with Crippen LogP contribution in [-0.4, -0.2) is 79.2 Å². The fourth-order valence-corrected chi connectivity index (χ4v) is 6.53. The zero-order valence-electron chi connectivity index (χ0n) is 20.0. The highest BCUT2D eigenvalue weighted by Crippen LogP contribution is 2.23. The maximum atomic E-state index is 13.1. The molecule has 10 nitrogen and oxygen atoms in total. The van der Waals surface area contributed by atoms with Gasteiger partial charge in [0.1, 0.15) is 6.04 Å². The standard InChI is InChI=1S/C24H28ClN5O5S2/c25-21-6-5-19(36-21)9-14-37(34,35)28-20-4-2-12-29(24(20)33)16-22(31)30-13-1-3-18(30)15-27-23(32)17-7-10-26-11-8-17/h5-11,14,18,20,28H,1-4,12-13,15-16H2,(H,27,32)/b14-9+. The average Bonchev–Trinajstić information content (AvgIpc) is 3.53. The summed E-state index contributed by atoms with van der Waals surface area (Å²) in [5.74, 6) is -0.872. The Labute approximate surface area is 224 Å². The second-order valence-corrected chi connectivity index (χ2v) is 12.2. The van der Waals surface area contributed by atoms with E-state index in [9.17, 15) is 22.8 Å². The van der Waals surface area contributed by atoms with E-state index in [-0.39, 0.29) is 24.4 Å². The third-order valence-electron chi connectivity index (χ3n) is 6.31. The Morgan fingerprint density at radius 3 is 2.62 bits per heavy atom. The van der Waals surface area contributed by atoms with E-state index in [0.717, 1.165) is 18.2 Å². The van der Waals surface area contributed by atoms with E-state index in [0.29, 0.717) is 47.3 Å². The maximum Gasteiger partial charge on any atom is 0.251 e. The van der Waals surface area contributed by atoms with E-state index in [2.05, 4.69) is 15.0 Å². The molecule has 2 N–H and O–H groups in total. The predicted octanol–water partition coefficient (Wildman–Crippen LogP) is 2.10. The zero-order valence-corrected chi connectivity index (χ0v) is 22.4. The fourth-order valence-electron chi connectivity index (χ4n) is 4.46. The molecule has 2 fully saturated rings. The molecular weight excluding hydrogens is 538 g/mol. The van der Waals surface area contributed by atoms with Crippen molar-refractivity contribution in [3.63, 3.8) is 0 Å². The first-order valence-corrected chi connectivity index (χ1v) is 14.7. The molecule has 0 aromatic carbocycles. The van der Waals surface area contributed by atoms with Crippen LogP contribution in [0.4, 0.5) is 0 Å². The minimum absolute atomic E-state index is 0.130. The van der Waals surface area contributed by atoms with Gasteiger partial charge >= 0.3 is 0 Å². The highest BCUT2D eigenvalue weighted by atomic mass is 35.5. The Bertz CT molecular complexity index is 1270. The number of sulfonamides is 1. The van der Waals surface area contributed by atoms with Gasteiger partial charge in [0.15, 0.2) is 0 Å². The number of thiophene rings is 1. The molecule has 2 aliphatic rings. The molecule has 2 aromatic heterocycles. The van der Waals surface area contributed by atoms with Crippen molar-refractivity contribution in [3.05, 3.63) is 56.8 Å². The van der Waals surface area contributed by atoms with Gasteiger partial charge in [-0.25, -0.2) is 8.42 Å². The van der Waals surface area contributed by atoms with E-state index < -0.39 is 22.0 Å². The van der Waals surface area contributed by atoms with Crippen molar-refractivity contribution in [1.82, 2.24) is 24.8 Å². The Balaban J connectivity index is 1.31. The monoisotopic (exact) mass is 565 g/mol. The van der Waals surface area contributed by atoms with Crippen molar-refractivity contribution in [2.24, 2.45) is 0 Å². The number of amides is 3. The third kappa shape index (κ3) is 7.37. The number of hydrogen-bond donors (Lipinski definition) is 2. The Morgan fingerprint density at radius 1 is 1.14 bits per heavy atom. The van der Waals surface area contributed by atoms with Gasteiger partial charge in [-0.1, -0.05) is 11.6 Å². The van der Waals surface area contributed by atoms with Gasteiger partial charge in [0.25, 0.3) is 5.91 Å². The molecule has 2 aromatic rings. The van der Waals surface area contributed by atoms with Crippen molar-refractivity contribution in [3.8, 4) is 0 Å². The molecule has 37 heavy (non-hydrogen) atoms. The summed E-state index contributed by atoms with van der Waals surface area (Å²) < 4.78 is 28.0. The van der Waals surface area contributed by atoms with Crippen molar-refractivity contribution < 1.29 is 22.8 Å². The molecule has 2 saturated heterocycles. The minimum atomic E-state index is -3.87. The first-order chi connectivity index (χ1) is 17.7. The largest absolute Gasteiger partial charge is 0.350 e. The first kappa shape index (κ1) is 27.2. The SMILES string of the molecule is O=C(NCC1CCCN1C(=O)CN1CCCC(NS(=O)(=O)/C=C/c2ccc(Cl)s2)C1=O)c1ccncc1. The number of piperidine rings is 1. The van der Waals surface area contributed by atoms with E-state index in [1.54, 1.807) is 41.6 Å². The highest BCUT2D eigenvalue weighted by Gasteiger charge is 2.35. The predicted molar refractivity (Wildman–Crippen MR) is 141 cm³/mol. The van der Waals surface area contributed by atoms with Gasteiger partial charge in [0, 0.05) is 53.9 Å². The number of pyridine rings is 1. The lowest BCUT2D eigenvalue weighted by Gasteiger charge is -2.34.